The SMILES string of the molecule is COC(=O)C(Br)(C(=O)OC)c1ccccc1[N+](=O)[O-]. The second-order valence-corrected chi connectivity index (χ2v) is 4.61. The molecule has 0 N–H and O–H groups in total. The zero-order chi connectivity index (χ0) is 14.6. The van der Waals surface area contributed by atoms with Crippen molar-refractivity contribution in [2.75, 3.05) is 14.2 Å². The molecule has 0 unspecified atom stereocenters. The number of nitrogens with zero attached hydrogens (tertiary/aromatic N) is 1. The Morgan fingerprint density at radius 1 is 1.21 bits per heavy atom. The number of alkyl halides is 1. The van der Waals surface area contributed by atoms with Gasteiger partial charge in [-0.3, -0.25) is 10.1 Å². The van der Waals surface area contributed by atoms with Crippen molar-refractivity contribution >= 4 is 33.6 Å². The van der Waals surface area contributed by atoms with E-state index in [4.69, 9.17) is 0 Å². The van der Waals surface area contributed by atoms with Crippen LogP contribution in [0.2, 0.25) is 0 Å². The summed E-state index contributed by atoms with van der Waals surface area (Å²) in [5.41, 5.74) is -0.547. The highest BCUT2D eigenvalue weighted by molar-refractivity contribution is 9.10. The van der Waals surface area contributed by atoms with Crippen LogP contribution in [0.3, 0.4) is 0 Å². The topological polar surface area (TPSA) is 95.7 Å². The maximum absolute atomic E-state index is 11.8. The highest BCUT2D eigenvalue weighted by Gasteiger charge is 2.51. The quantitative estimate of drug-likeness (QED) is 0.273. The summed E-state index contributed by atoms with van der Waals surface area (Å²) in [5.74, 6) is -2.01. The molecule has 0 amide bonds. The normalized spacial score (nSPS) is 10.7. The van der Waals surface area contributed by atoms with E-state index in [-0.39, 0.29) is 5.56 Å². The van der Waals surface area contributed by atoms with Gasteiger partial charge in [0, 0.05) is 6.07 Å². The molecule has 19 heavy (non-hydrogen) atoms. The van der Waals surface area contributed by atoms with E-state index in [0.29, 0.717) is 0 Å². The molecule has 7 nitrogen and oxygen atoms in total. The number of para-hydroxylation sites is 1. The van der Waals surface area contributed by atoms with Crippen LogP contribution >= 0.6 is 15.9 Å². The maximum Gasteiger partial charge on any atom is 0.339 e. The van der Waals surface area contributed by atoms with E-state index in [9.17, 15) is 19.7 Å². The first-order valence-electron chi connectivity index (χ1n) is 4.99. The van der Waals surface area contributed by atoms with Gasteiger partial charge in [0.1, 0.15) is 0 Å². The lowest BCUT2D eigenvalue weighted by molar-refractivity contribution is -0.385. The van der Waals surface area contributed by atoms with Gasteiger partial charge in [0.15, 0.2) is 0 Å². The monoisotopic (exact) mass is 331 g/mol. The standard InChI is InChI=1S/C11H10BrNO6/c1-18-9(14)11(12,10(15)19-2)7-5-3-4-6-8(7)13(16)17/h3-6H,1-2H3. The van der Waals surface area contributed by atoms with Crippen LogP contribution in [0.5, 0.6) is 0 Å². The first-order valence-corrected chi connectivity index (χ1v) is 5.78. The van der Waals surface area contributed by atoms with E-state index in [2.05, 4.69) is 25.4 Å². The summed E-state index contributed by atoms with van der Waals surface area (Å²) < 4.78 is 6.97. The van der Waals surface area contributed by atoms with Crippen LogP contribution in [0, 0.1) is 10.1 Å². The third-order valence-electron chi connectivity index (χ3n) is 2.41. The van der Waals surface area contributed by atoms with Crippen LogP contribution in [0.15, 0.2) is 24.3 Å². The van der Waals surface area contributed by atoms with Gasteiger partial charge in [-0.2, -0.15) is 0 Å². The lowest BCUT2D eigenvalue weighted by Crippen LogP contribution is -2.40. The van der Waals surface area contributed by atoms with E-state index in [0.717, 1.165) is 14.2 Å². The molecule has 0 saturated carbocycles. The Bertz CT molecular complexity index is 514. The number of esters is 2. The molecule has 0 aliphatic heterocycles. The number of hydrogen-bond donors (Lipinski definition) is 0. The molecule has 0 atom stereocenters. The minimum Gasteiger partial charge on any atom is -0.467 e. The molecule has 8 heteroatoms. The Morgan fingerprint density at radius 3 is 2.11 bits per heavy atom. The fourth-order valence-corrected chi connectivity index (χ4v) is 2.17. The maximum atomic E-state index is 11.8. The number of carbonyl (C=O) groups is 2. The summed E-state index contributed by atoms with van der Waals surface area (Å²) in [6.45, 7) is 0. The Kier molecular flexibility index (Phi) is 4.60. The molecule has 0 spiro atoms. The molecule has 0 aromatic heterocycles. The van der Waals surface area contributed by atoms with Crippen LogP contribution in [0.1, 0.15) is 5.56 Å². The summed E-state index contributed by atoms with van der Waals surface area (Å²) in [6, 6.07) is 5.34. The molecule has 0 bridgehead atoms. The molecule has 0 fully saturated rings. The van der Waals surface area contributed by atoms with Crippen molar-refractivity contribution in [2.45, 2.75) is 4.32 Å². The third kappa shape index (κ3) is 2.58. The average Bonchev–Trinajstić information content (AvgIpc) is 2.44. The number of hydrogen-bond acceptors (Lipinski definition) is 6. The number of halogens is 1. The summed E-state index contributed by atoms with van der Waals surface area (Å²) in [6.07, 6.45) is 0. The van der Waals surface area contributed by atoms with Gasteiger partial charge in [-0.1, -0.05) is 28.1 Å². The first kappa shape index (κ1) is 15.1. The highest BCUT2D eigenvalue weighted by Crippen LogP contribution is 2.39. The second-order valence-electron chi connectivity index (χ2n) is 3.42. The number of ether oxygens (including phenoxy) is 2. The Hall–Kier alpha value is -1.96. The van der Waals surface area contributed by atoms with Crippen molar-refractivity contribution in [1.29, 1.82) is 0 Å². The van der Waals surface area contributed by atoms with Crippen molar-refractivity contribution < 1.29 is 24.0 Å². The van der Waals surface area contributed by atoms with Gasteiger partial charge in [0.25, 0.3) is 10.0 Å². The van der Waals surface area contributed by atoms with Crippen LogP contribution in [0.25, 0.3) is 0 Å². The summed E-state index contributed by atoms with van der Waals surface area (Å²) in [5, 5.41) is 11.0. The van der Waals surface area contributed by atoms with Crippen LogP contribution in [-0.2, 0) is 23.4 Å². The Labute approximate surface area is 116 Å². The second kappa shape index (κ2) is 5.79. The van der Waals surface area contributed by atoms with Gasteiger partial charge < -0.3 is 9.47 Å². The van der Waals surface area contributed by atoms with Gasteiger partial charge in [0.2, 0.25) is 0 Å². The van der Waals surface area contributed by atoms with Crippen molar-refractivity contribution in [3.8, 4) is 0 Å². The van der Waals surface area contributed by atoms with E-state index in [1.165, 1.54) is 24.3 Å². The molecule has 0 saturated heterocycles. The number of benzene rings is 1. The van der Waals surface area contributed by atoms with Gasteiger partial charge in [0.05, 0.1) is 24.7 Å². The molecule has 0 radical (unpaired) electrons. The van der Waals surface area contributed by atoms with Gasteiger partial charge in [-0.25, -0.2) is 9.59 Å². The van der Waals surface area contributed by atoms with E-state index in [1.54, 1.807) is 0 Å². The van der Waals surface area contributed by atoms with Crippen molar-refractivity contribution in [3.05, 3.63) is 39.9 Å². The van der Waals surface area contributed by atoms with Crippen LogP contribution in [-0.4, -0.2) is 31.1 Å². The molecular formula is C11H10BrNO6. The Balaban J connectivity index is 3.55. The van der Waals surface area contributed by atoms with Gasteiger partial charge >= 0.3 is 11.9 Å². The summed E-state index contributed by atoms with van der Waals surface area (Å²) >= 11 is 2.91. The molecule has 102 valence electrons. The lowest BCUT2D eigenvalue weighted by Gasteiger charge is -2.21. The zero-order valence-electron chi connectivity index (χ0n) is 10.1. The molecule has 1 aromatic rings. The molecule has 0 heterocycles. The fraction of sp³-hybridized carbons (Fsp3) is 0.273. The van der Waals surface area contributed by atoms with E-state index < -0.39 is 26.9 Å². The molecule has 0 aliphatic carbocycles. The van der Waals surface area contributed by atoms with Gasteiger partial charge in [-0.15, -0.1) is 0 Å². The zero-order valence-corrected chi connectivity index (χ0v) is 11.7. The van der Waals surface area contributed by atoms with Gasteiger partial charge in [-0.05, 0) is 6.07 Å². The number of nitro groups is 1. The van der Waals surface area contributed by atoms with E-state index in [1.807, 2.05) is 0 Å². The minimum absolute atomic E-state index is 0.154. The molecular weight excluding hydrogens is 322 g/mol. The largest absolute Gasteiger partial charge is 0.467 e. The predicted octanol–water partition coefficient (Wildman–Crippen LogP) is 1.53. The van der Waals surface area contributed by atoms with Crippen molar-refractivity contribution in [1.82, 2.24) is 0 Å². The summed E-state index contributed by atoms with van der Waals surface area (Å²) in [4.78, 5) is 33.9. The Morgan fingerprint density at radius 2 is 1.68 bits per heavy atom. The molecule has 1 rings (SSSR count). The van der Waals surface area contributed by atoms with Crippen LogP contribution < -0.4 is 0 Å². The van der Waals surface area contributed by atoms with Crippen LogP contribution in [0.4, 0.5) is 5.69 Å². The number of rotatable bonds is 4. The minimum atomic E-state index is -2.07. The highest BCUT2D eigenvalue weighted by atomic mass is 79.9. The number of carbonyl (C=O) groups excluding carboxylic acids is 2. The van der Waals surface area contributed by atoms with E-state index >= 15 is 0 Å². The van der Waals surface area contributed by atoms with Crippen molar-refractivity contribution in [3.63, 3.8) is 0 Å². The summed E-state index contributed by atoms with van der Waals surface area (Å²) in [7, 11) is 2.13. The average molecular weight is 332 g/mol. The fourth-order valence-electron chi connectivity index (χ4n) is 1.51. The molecule has 0 aliphatic rings. The van der Waals surface area contributed by atoms with Crippen molar-refractivity contribution in [2.24, 2.45) is 0 Å². The smallest absolute Gasteiger partial charge is 0.339 e. The third-order valence-corrected chi connectivity index (χ3v) is 3.48. The molecule has 1 aromatic carbocycles. The first-order chi connectivity index (χ1) is 8.89. The number of nitro benzene ring substituents is 1. The predicted molar refractivity (Wildman–Crippen MR) is 67.7 cm³/mol. The number of methoxy groups -OCH3 is 2. The lowest BCUT2D eigenvalue weighted by atomic mass is 9.97.